The number of likely N-dealkylation sites (N-methyl/N-ethyl adjacent to an activating group) is 1. The second-order valence-corrected chi connectivity index (χ2v) is 5.61. The number of carbonyl (C=O) groups excluding carboxylic acids is 1. The first-order valence-electron chi connectivity index (χ1n) is 6.71. The zero-order chi connectivity index (χ0) is 14.6. The maximum absolute atomic E-state index is 12.2. The Labute approximate surface area is 115 Å². The predicted molar refractivity (Wildman–Crippen MR) is 73.1 cm³/mol. The molecule has 0 aromatic rings. The Balaban J connectivity index is 2.43. The van der Waals surface area contributed by atoms with Gasteiger partial charge in [0.05, 0.1) is 0 Å². The number of likely N-dealkylation sites (tertiary alicyclic amines) is 1. The Hall–Kier alpha value is -1.30. The lowest BCUT2D eigenvalue weighted by Gasteiger charge is -2.25. The van der Waals surface area contributed by atoms with Gasteiger partial charge < -0.3 is 19.8 Å². The average Bonchev–Trinajstić information content (AvgIpc) is 2.69. The number of urea groups is 1. The molecule has 19 heavy (non-hydrogen) atoms. The van der Waals surface area contributed by atoms with E-state index in [4.69, 9.17) is 5.11 Å². The van der Waals surface area contributed by atoms with E-state index in [1.165, 1.54) is 0 Å². The number of aliphatic carboxylic acids is 1. The Kier molecular flexibility index (Phi) is 5.60. The van der Waals surface area contributed by atoms with E-state index in [1.54, 1.807) is 11.9 Å². The molecule has 1 aliphatic rings. The van der Waals surface area contributed by atoms with Gasteiger partial charge in [0.2, 0.25) is 0 Å². The lowest BCUT2D eigenvalue weighted by molar-refractivity contribution is -0.137. The smallest absolute Gasteiger partial charge is 0.319 e. The molecule has 2 atom stereocenters. The van der Waals surface area contributed by atoms with E-state index < -0.39 is 5.97 Å². The van der Waals surface area contributed by atoms with Crippen LogP contribution < -0.4 is 0 Å². The van der Waals surface area contributed by atoms with Crippen molar-refractivity contribution in [2.75, 3.05) is 40.8 Å². The van der Waals surface area contributed by atoms with E-state index in [9.17, 15) is 9.59 Å². The summed E-state index contributed by atoms with van der Waals surface area (Å²) in [5.41, 5.74) is 0. The van der Waals surface area contributed by atoms with Crippen LogP contribution in [0.25, 0.3) is 0 Å². The van der Waals surface area contributed by atoms with E-state index in [-0.39, 0.29) is 12.5 Å². The number of hydrogen-bond acceptors (Lipinski definition) is 3. The number of amides is 2. The number of carboxylic acids is 1. The van der Waals surface area contributed by atoms with E-state index in [1.807, 2.05) is 19.0 Å². The topological polar surface area (TPSA) is 64.1 Å². The highest BCUT2D eigenvalue weighted by Gasteiger charge is 2.34. The minimum Gasteiger partial charge on any atom is -0.481 e. The van der Waals surface area contributed by atoms with Crippen LogP contribution >= 0.6 is 0 Å². The first kappa shape index (κ1) is 15.8. The third kappa shape index (κ3) is 4.38. The van der Waals surface area contributed by atoms with Gasteiger partial charge in [-0.05, 0) is 26.4 Å². The molecule has 1 fully saturated rings. The van der Waals surface area contributed by atoms with Crippen molar-refractivity contribution in [3.8, 4) is 0 Å². The van der Waals surface area contributed by atoms with Crippen LogP contribution in [-0.4, -0.2) is 78.6 Å². The second kappa shape index (κ2) is 6.75. The van der Waals surface area contributed by atoms with Gasteiger partial charge in [-0.2, -0.15) is 0 Å². The molecule has 1 heterocycles. The largest absolute Gasteiger partial charge is 0.481 e. The SMILES string of the molecule is CC1CN(C(=O)N(C)CCCC(=O)O)CC1N(C)C. The van der Waals surface area contributed by atoms with Gasteiger partial charge in [-0.15, -0.1) is 0 Å². The lowest BCUT2D eigenvalue weighted by atomic mass is 10.1. The maximum atomic E-state index is 12.2. The third-order valence-electron chi connectivity index (χ3n) is 3.72. The summed E-state index contributed by atoms with van der Waals surface area (Å²) in [5.74, 6) is -0.352. The molecule has 0 radical (unpaired) electrons. The maximum Gasteiger partial charge on any atom is 0.319 e. The van der Waals surface area contributed by atoms with Crippen molar-refractivity contribution < 1.29 is 14.7 Å². The number of hydrogen-bond donors (Lipinski definition) is 1. The molecule has 0 spiro atoms. The van der Waals surface area contributed by atoms with Crippen molar-refractivity contribution in [2.45, 2.75) is 25.8 Å². The number of rotatable bonds is 5. The highest BCUT2D eigenvalue weighted by atomic mass is 16.4. The van der Waals surface area contributed by atoms with E-state index >= 15 is 0 Å². The summed E-state index contributed by atoms with van der Waals surface area (Å²) in [6.07, 6.45) is 0.604. The fourth-order valence-electron chi connectivity index (χ4n) is 2.58. The van der Waals surface area contributed by atoms with Crippen molar-refractivity contribution in [1.29, 1.82) is 0 Å². The molecule has 2 amide bonds. The molecule has 6 nitrogen and oxygen atoms in total. The molecule has 0 aliphatic carbocycles. The number of carbonyl (C=O) groups is 2. The highest BCUT2D eigenvalue weighted by molar-refractivity contribution is 5.74. The molecule has 0 bridgehead atoms. The predicted octanol–water partition coefficient (Wildman–Crippen LogP) is 0.785. The van der Waals surface area contributed by atoms with Gasteiger partial charge in [-0.25, -0.2) is 4.79 Å². The van der Waals surface area contributed by atoms with E-state index in [0.717, 1.165) is 13.1 Å². The van der Waals surface area contributed by atoms with Crippen LogP contribution in [0.1, 0.15) is 19.8 Å². The third-order valence-corrected chi connectivity index (χ3v) is 3.72. The van der Waals surface area contributed by atoms with Crippen molar-refractivity contribution in [1.82, 2.24) is 14.7 Å². The summed E-state index contributed by atoms with van der Waals surface area (Å²) in [6, 6.07) is 0.401. The first-order valence-corrected chi connectivity index (χ1v) is 6.71. The quantitative estimate of drug-likeness (QED) is 0.803. The summed E-state index contributed by atoms with van der Waals surface area (Å²) in [4.78, 5) is 28.3. The molecule has 1 aliphatic heterocycles. The summed E-state index contributed by atoms with van der Waals surface area (Å²) >= 11 is 0. The van der Waals surface area contributed by atoms with Crippen LogP contribution in [0.4, 0.5) is 4.79 Å². The van der Waals surface area contributed by atoms with Gasteiger partial charge >= 0.3 is 12.0 Å². The fourth-order valence-corrected chi connectivity index (χ4v) is 2.58. The Morgan fingerprint density at radius 2 is 1.89 bits per heavy atom. The van der Waals surface area contributed by atoms with Crippen molar-refractivity contribution in [3.05, 3.63) is 0 Å². The monoisotopic (exact) mass is 271 g/mol. The molecule has 1 N–H and O–H groups in total. The Bertz CT molecular complexity index is 333. The zero-order valence-corrected chi connectivity index (χ0v) is 12.3. The average molecular weight is 271 g/mol. The van der Waals surface area contributed by atoms with Gasteiger partial charge in [-0.3, -0.25) is 4.79 Å². The molecular formula is C13H25N3O3. The highest BCUT2D eigenvalue weighted by Crippen LogP contribution is 2.20. The van der Waals surface area contributed by atoms with Crippen LogP contribution in [0, 0.1) is 5.92 Å². The lowest BCUT2D eigenvalue weighted by Crippen LogP contribution is -2.42. The van der Waals surface area contributed by atoms with Crippen LogP contribution in [0.2, 0.25) is 0 Å². The normalized spacial score (nSPS) is 22.9. The molecule has 0 aromatic heterocycles. The second-order valence-electron chi connectivity index (χ2n) is 5.61. The van der Waals surface area contributed by atoms with Gasteiger partial charge in [-0.1, -0.05) is 6.92 Å². The molecule has 0 aromatic carbocycles. The molecule has 1 saturated heterocycles. The number of nitrogens with zero attached hydrogens (tertiary/aromatic N) is 3. The zero-order valence-electron chi connectivity index (χ0n) is 12.3. The van der Waals surface area contributed by atoms with Gasteiger partial charge in [0.25, 0.3) is 0 Å². The molecule has 6 heteroatoms. The van der Waals surface area contributed by atoms with Gasteiger partial charge in [0.1, 0.15) is 0 Å². The Morgan fingerprint density at radius 3 is 2.37 bits per heavy atom. The first-order chi connectivity index (χ1) is 8.82. The molecule has 2 unspecified atom stereocenters. The minimum atomic E-state index is -0.816. The van der Waals surface area contributed by atoms with E-state index in [0.29, 0.717) is 24.9 Å². The fraction of sp³-hybridized carbons (Fsp3) is 0.846. The van der Waals surface area contributed by atoms with Crippen molar-refractivity contribution in [3.63, 3.8) is 0 Å². The Morgan fingerprint density at radius 1 is 1.26 bits per heavy atom. The molecule has 0 saturated carbocycles. The summed E-state index contributed by atoms with van der Waals surface area (Å²) in [6.45, 7) is 4.16. The van der Waals surface area contributed by atoms with Gasteiger partial charge in [0, 0.05) is 39.1 Å². The van der Waals surface area contributed by atoms with Crippen LogP contribution in [0.15, 0.2) is 0 Å². The molecule has 1 rings (SSSR count). The molecular weight excluding hydrogens is 246 g/mol. The standard InChI is InChI=1S/C13H25N3O3/c1-10-8-16(9-11(10)14(2)3)13(19)15(4)7-5-6-12(17)18/h10-11H,5-9H2,1-4H3,(H,17,18). The summed E-state index contributed by atoms with van der Waals surface area (Å²) in [7, 11) is 5.80. The van der Waals surface area contributed by atoms with Crippen LogP contribution in [0.5, 0.6) is 0 Å². The minimum absolute atomic E-state index is 0.00147. The summed E-state index contributed by atoms with van der Waals surface area (Å²) in [5, 5.41) is 8.59. The number of carboxylic acid groups (broad SMARTS) is 1. The molecule has 110 valence electrons. The van der Waals surface area contributed by atoms with Crippen LogP contribution in [0.3, 0.4) is 0 Å². The van der Waals surface area contributed by atoms with Gasteiger partial charge in [0.15, 0.2) is 0 Å². The van der Waals surface area contributed by atoms with Crippen LogP contribution in [-0.2, 0) is 4.79 Å². The van der Waals surface area contributed by atoms with Crippen molar-refractivity contribution in [2.24, 2.45) is 5.92 Å². The van der Waals surface area contributed by atoms with Crippen molar-refractivity contribution >= 4 is 12.0 Å². The van der Waals surface area contributed by atoms with E-state index in [2.05, 4.69) is 11.8 Å². The summed E-state index contributed by atoms with van der Waals surface area (Å²) < 4.78 is 0.